The summed E-state index contributed by atoms with van der Waals surface area (Å²) in [5.74, 6) is 0.534. The highest BCUT2D eigenvalue weighted by Gasteiger charge is 2.22. The number of ether oxygens (including phenoxy) is 1. The van der Waals surface area contributed by atoms with Crippen LogP contribution in [0.4, 0.5) is 5.69 Å². The van der Waals surface area contributed by atoms with E-state index >= 15 is 0 Å². The molecule has 5 heteroatoms. The molecule has 1 heterocycles. The average Bonchev–Trinajstić information content (AvgIpc) is 2.79. The van der Waals surface area contributed by atoms with Crippen molar-refractivity contribution in [3.63, 3.8) is 0 Å². The van der Waals surface area contributed by atoms with Gasteiger partial charge in [0.1, 0.15) is 5.75 Å². The Morgan fingerprint density at radius 2 is 1.77 bits per heavy atom. The molecule has 0 fully saturated rings. The molecule has 0 atom stereocenters. The van der Waals surface area contributed by atoms with Gasteiger partial charge >= 0.3 is 0 Å². The van der Waals surface area contributed by atoms with E-state index in [9.17, 15) is 9.59 Å². The van der Waals surface area contributed by atoms with Crippen LogP contribution in [0.3, 0.4) is 0 Å². The molecule has 31 heavy (non-hydrogen) atoms. The summed E-state index contributed by atoms with van der Waals surface area (Å²) >= 11 is 0. The van der Waals surface area contributed by atoms with Gasteiger partial charge in [-0.2, -0.15) is 0 Å². The molecule has 0 saturated carbocycles. The third-order valence-electron chi connectivity index (χ3n) is 5.51. The lowest BCUT2D eigenvalue weighted by Gasteiger charge is -2.29. The first-order valence-electron chi connectivity index (χ1n) is 10.5. The number of anilines is 1. The molecule has 1 aliphatic heterocycles. The Morgan fingerprint density at radius 3 is 2.58 bits per heavy atom. The summed E-state index contributed by atoms with van der Waals surface area (Å²) in [6, 6.07) is 21.1. The van der Waals surface area contributed by atoms with Crippen LogP contribution in [0.25, 0.3) is 0 Å². The molecule has 0 bridgehead atoms. The summed E-state index contributed by atoms with van der Waals surface area (Å²) in [4.78, 5) is 27.0. The Kier molecular flexibility index (Phi) is 6.03. The van der Waals surface area contributed by atoms with Gasteiger partial charge in [0.2, 0.25) is 0 Å². The lowest BCUT2D eigenvalue weighted by Crippen LogP contribution is -2.36. The zero-order valence-electron chi connectivity index (χ0n) is 17.9. The molecule has 3 aromatic rings. The standard InChI is InChI=1S/C26H26N2O3/c1-18-8-9-19(2)24(14-18)31-17-25(29)27-23-11-10-20-12-13-28(16-22(20)15-23)26(30)21-6-4-3-5-7-21/h3-11,14-15H,12-13,16-17H2,1-2H3,(H,27,29). The SMILES string of the molecule is Cc1ccc(C)c(OCC(=O)Nc2ccc3c(c2)CN(C(=O)c2ccccc2)CC3)c1. The minimum Gasteiger partial charge on any atom is -0.483 e. The number of amides is 2. The van der Waals surface area contributed by atoms with Crippen molar-refractivity contribution in [3.05, 3.63) is 94.5 Å². The van der Waals surface area contributed by atoms with Gasteiger partial charge in [0, 0.05) is 24.3 Å². The second-order valence-electron chi connectivity index (χ2n) is 7.93. The number of hydrogen-bond donors (Lipinski definition) is 1. The van der Waals surface area contributed by atoms with Crippen molar-refractivity contribution >= 4 is 17.5 Å². The van der Waals surface area contributed by atoms with Gasteiger partial charge in [-0.25, -0.2) is 0 Å². The van der Waals surface area contributed by atoms with Gasteiger partial charge in [-0.1, -0.05) is 36.4 Å². The zero-order valence-corrected chi connectivity index (χ0v) is 17.9. The van der Waals surface area contributed by atoms with Gasteiger partial charge < -0.3 is 15.0 Å². The van der Waals surface area contributed by atoms with Crippen molar-refractivity contribution in [2.75, 3.05) is 18.5 Å². The molecule has 2 amide bonds. The van der Waals surface area contributed by atoms with Crippen LogP contribution in [0.15, 0.2) is 66.7 Å². The molecule has 0 aliphatic carbocycles. The number of nitrogens with zero attached hydrogens (tertiary/aromatic N) is 1. The molecule has 158 valence electrons. The van der Waals surface area contributed by atoms with Crippen LogP contribution in [-0.4, -0.2) is 29.9 Å². The van der Waals surface area contributed by atoms with Crippen LogP contribution >= 0.6 is 0 Å². The summed E-state index contributed by atoms with van der Waals surface area (Å²) in [5, 5.41) is 2.90. The zero-order chi connectivity index (χ0) is 21.8. The Morgan fingerprint density at radius 1 is 0.968 bits per heavy atom. The third kappa shape index (κ3) is 4.94. The highest BCUT2D eigenvalue weighted by Crippen LogP contribution is 2.24. The van der Waals surface area contributed by atoms with E-state index in [4.69, 9.17) is 4.74 Å². The van der Waals surface area contributed by atoms with Crippen molar-refractivity contribution in [1.29, 1.82) is 0 Å². The molecular formula is C26H26N2O3. The summed E-state index contributed by atoms with van der Waals surface area (Å²) < 4.78 is 5.70. The van der Waals surface area contributed by atoms with Crippen LogP contribution in [0.5, 0.6) is 5.75 Å². The molecule has 3 aromatic carbocycles. The second kappa shape index (κ2) is 9.04. The summed E-state index contributed by atoms with van der Waals surface area (Å²) in [6.07, 6.45) is 0.803. The van der Waals surface area contributed by atoms with E-state index in [0.29, 0.717) is 24.3 Å². The monoisotopic (exact) mass is 414 g/mol. The van der Waals surface area contributed by atoms with E-state index < -0.39 is 0 Å². The minimum absolute atomic E-state index is 0.0302. The molecule has 0 radical (unpaired) electrons. The fourth-order valence-corrected chi connectivity index (χ4v) is 3.77. The lowest BCUT2D eigenvalue weighted by molar-refractivity contribution is -0.118. The van der Waals surface area contributed by atoms with E-state index in [0.717, 1.165) is 28.9 Å². The molecule has 1 N–H and O–H groups in total. The minimum atomic E-state index is -0.214. The number of fused-ring (bicyclic) bond motifs is 1. The van der Waals surface area contributed by atoms with Gasteiger partial charge in [0.15, 0.2) is 6.61 Å². The van der Waals surface area contributed by atoms with Crippen LogP contribution in [0, 0.1) is 13.8 Å². The highest BCUT2D eigenvalue weighted by atomic mass is 16.5. The normalized spacial score (nSPS) is 12.8. The topological polar surface area (TPSA) is 58.6 Å². The molecule has 0 saturated heterocycles. The van der Waals surface area contributed by atoms with E-state index in [-0.39, 0.29) is 18.4 Å². The third-order valence-corrected chi connectivity index (χ3v) is 5.51. The van der Waals surface area contributed by atoms with E-state index in [1.165, 1.54) is 5.56 Å². The molecule has 5 nitrogen and oxygen atoms in total. The first-order valence-corrected chi connectivity index (χ1v) is 10.5. The highest BCUT2D eigenvalue weighted by molar-refractivity contribution is 5.94. The maximum absolute atomic E-state index is 12.8. The second-order valence-corrected chi connectivity index (χ2v) is 7.93. The van der Waals surface area contributed by atoms with Crippen LogP contribution in [-0.2, 0) is 17.8 Å². The number of carbonyl (C=O) groups excluding carboxylic acids is 2. The lowest BCUT2D eigenvalue weighted by atomic mass is 9.98. The molecule has 4 rings (SSSR count). The molecule has 0 aromatic heterocycles. The summed E-state index contributed by atoms with van der Waals surface area (Å²) in [5.41, 5.74) is 5.76. The number of aryl methyl sites for hydroxylation is 2. The Labute approximate surface area is 182 Å². The first kappa shape index (κ1) is 20.7. The maximum Gasteiger partial charge on any atom is 0.262 e. The average molecular weight is 415 g/mol. The smallest absolute Gasteiger partial charge is 0.262 e. The predicted octanol–water partition coefficient (Wildman–Crippen LogP) is 4.52. The summed E-state index contributed by atoms with van der Waals surface area (Å²) in [7, 11) is 0. The van der Waals surface area contributed by atoms with Crippen LogP contribution < -0.4 is 10.1 Å². The Balaban J connectivity index is 1.39. The van der Waals surface area contributed by atoms with Gasteiger partial charge in [-0.05, 0) is 72.9 Å². The fraction of sp³-hybridized carbons (Fsp3) is 0.231. The van der Waals surface area contributed by atoms with Crippen LogP contribution in [0.1, 0.15) is 32.6 Å². The number of benzene rings is 3. The quantitative estimate of drug-likeness (QED) is 0.668. The van der Waals surface area contributed by atoms with E-state index in [1.54, 1.807) is 0 Å². The molecule has 1 aliphatic rings. The van der Waals surface area contributed by atoms with E-state index in [1.807, 2.05) is 85.5 Å². The number of nitrogens with one attached hydrogen (secondary N) is 1. The van der Waals surface area contributed by atoms with Gasteiger partial charge in [-0.15, -0.1) is 0 Å². The number of rotatable bonds is 5. The predicted molar refractivity (Wildman–Crippen MR) is 121 cm³/mol. The largest absolute Gasteiger partial charge is 0.483 e. The first-order chi connectivity index (χ1) is 15.0. The van der Waals surface area contributed by atoms with Crippen molar-refractivity contribution in [1.82, 2.24) is 4.90 Å². The van der Waals surface area contributed by atoms with Crippen molar-refractivity contribution in [3.8, 4) is 5.75 Å². The number of carbonyl (C=O) groups is 2. The van der Waals surface area contributed by atoms with Gasteiger partial charge in [-0.3, -0.25) is 9.59 Å². The van der Waals surface area contributed by atoms with Crippen molar-refractivity contribution in [2.45, 2.75) is 26.8 Å². The van der Waals surface area contributed by atoms with Gasteiger partial charge in [0.05, 0.1) is 0 Å². The van der Waals surface area contributed by atoms with Crippen molar-refractivity contribution < 1.29 is 14.3 Å². The Hall–Kier alpha value is -3.60. The fourth-order valence-electron chi connectivity index (χ4n) is 3.77. The molecular weight excluding hydrogens is 388 g/mol. The van der Waals surface area contributed by atoms with Crippen molar-refractivity contribution in [2.24, 2.45) is 0 Å². The molecule has 0 spiro atoms. The molecule has 0 unspecified atom stereocenters. The Bertz CT molecular complexity index is 1110. The number of hydrogen-bond acceptors (Lipinski definition) is 3. The maximum atomic E-state index is 12.8. The van der Waals surface area contributed by atoms with Gasteiger partial charge in [0.25, 0.3) is 11.8 Å². The van der Waals surface area contributed by atoms with E-state index in [2.05, 4.69) is 5.32 Å². The van der Waals surface area contributed by atoms with Crippen LogP contribution in [0.2, 0.25) is 0 Å². The summed E-state index contributed by atoms with van der Waals surface area (Å²) in [6.45, 7) is 5.12.